The number of nitrogens with zero attached hydrogens (tertiary/aromatic N) is 1. The molecule has 1 aliphatic rings. The fourth-order valence-electron chi connectivity index (χ4n) is 2.11. The first-order valence-electron chi connectivity index (χ1n) is 5.29. The number of likely N-dealkylation sites (tertiary alicyclic amines) is 1. The first-order valence-corrected chi connectivity index (χ1v) is 5.29. The first kappa shape index (κ1) is 12.0. The Morgan fingerprint density at radius 3 is 1.83 bits per heavy atom. The van der Waals surface area contributed by atoms with E-state index in [9.17, 15) is 0 Å². The summed E-state index contributed by atoms with van der Waals surface area (Å²) in [6, 6.07) is 0. The molecule has 74 valence electrons. The van der Waals surface area contributed by atoms with Gasteiger partial charge in [0.2, 0.25) is 0 Å². The second-order valence-electron chi connectivity index (χ2n) is 4.11. The predicted molar refractivity (Wildman–Crippen MR) is 56.3 cm³/mol. The minimum atomic E-state index is 0.861. The van der Waals surface area contributed by atoms with E-state index in [-0.39, 0.29) is 0 Å². The van der Waals surface area contributed by atoms with Crippen molar-refractivity contribution in [3.63, 3.8) is 0 Å². The van der Waals surface area contributed by atoms with Crippen LogP contribution >= 0.6 is 0 Å². The largest absolute Gasteiger partial charge is 0.306 e. The van der Waals surface area contributed by atoms with Crippen LogP contribution < -0.4 is 0 Å². The molecule has 0 radical (unpaired) electrons. The van der Waals surface area contributed by atoms with Gasteiger partial charge in [-0.05, 0) is 24.8 Å². The van der Waals surface area contributed by atoms with Gasteiger partial charge in [-0.15, -0.1) is 0 Å². The van der Waals surface area contributed by atoms with E-state index in [1.165, 1.54) is 13.1 Å². The Kier molecular flexibility index (Phi) is 5.56. The third kappa shape index (κ3) is 3.14. The van der Waals surface area contributed by atoms with E-state index in [1.54, 1.807) is 0 Å². The molecule has 0 N–H and O–H groups in total. The van der Waals surface area contributed by atoms with E-state index in [1.807, 2.05) is 13.8 Å². The second-order valence-corrected chi connectivity index (χ2v) is 4.11. The molecule has 0 amide bonds. The van der Waals surface area contributed by atoms with Gasteiger partial charge in [-0.2, -0.15) is 0 Å². The zero-order chi connectivity index (χ0) is 9.72. The average molecular weight is 171 g/mol. The maximum atomic E-state index is 2.44. The lowest BCUT2D eigenvalue weighted by molar-refractivity contribution is 0.327. The molecule has 0 aliphatic carbocycles. The van der Waals surface area contributed by atoms with Crippen LogP contribution in [0.1, 0.15) is 34.6 Å². The molecule has 1 heterocycles. The van der Waals surface area contributed by atoms with Crippen LogP contribution in [0.4, 0.5) is 0 Å². The van der Waals surface area contributed by atoms with Crippen molar-refractivity contribution in [2.45, 2.75) is 34.6 Å². The summed E-state index contributed by atoms with van der Waals surface area (Å²) >= 11 is 0. The van der Waals surface area contributed by atoms with Gasteiger partial charge in [-0.1, -0.05) is 34.6 Å². The average Bonchev–Trinajstić information content (AvgIpc) is 2.34. The standard InChI is InChI=1S/C9H19N.C2H6/c1-7(2)9-6-10(4)5-8(9)3;1-2/h7-9H,5-6H2,1-4H3;1-2H3. The van der Waals surface area contributed by atoms with E-state index >= 15 is 0 Å². The highest BCUT2D eigenvalue weighted by Gasteiger charge is 2.28. The van der Waals surface area contributed by atoms with Crippen molar-refractivity contribution in [1.82, 2.24) is 4.90 Å². The van der Waals surface area contributed by atoms with Crippen LogP contribution in [-0.4, -0.2) is 25.0 Å². The van der Waals surface area contributed by atoms with Crippen molar-refractivity contribution in [1.29, 1.82) is 0 Å². The molecule has 0 aromatic carbocycles. The van der Waals surface area contributed by atoms with Crippen LogP contribution in [0.2, 0.25) is 0 Å². The summed E-state index contributed by atoms with van der Waals surface area (Å²) < 4.78 is 0. The Bertz CT molecular complexity index is 110. The van der Waals surface area contributed by atoms with Gasteiger partial charge in [0.1, 0.15) is 0 Å². The monoisotopic (exact) mass is 171 g/mol. The Hall–Kier alpha value is -0.0400. The van der Waals surface area contributed by atoms with Crippen molar-refractivity contribution < 1.29 is 0 Å². The van der Waals surface area contributed by atoms with Gasteiger partial charge in [0.15, 0.2) is 0 Å². The van der Waals surface area contributed by atoms with Crippen molar-refractivity contribution >= 4 is 0 Å². The summed E-state index contributed by atoms with van der Waals surface area (Å²) in [6.07, 6.45) is 0. The molecule has 0 spiro atoms. The van der Waals surface area contributed by atoms with Gasteiger partial charge in [0.25, 0.3) is 0 Å². The third-order valence-corrected chi connectivity index (χ3v) is 2.71. The van der Waals surface area contributed by atoms with Gasteiger partial charge in [-0.25, -0.2) is 0 Å². The van der Waals surface area contributed by atoms with Crippen LogP contribution in [0.3, 0.4) is 0 Å². The lowest BCUT2D eigenvalue weighted by Crippen LogP contribution is -2.17. The van der Waals surface area contributed by atoms with E-state index in [2.05, 4.69) is 32.7 Å². The number of rotatable bonds is 1. The van der Waals surface area contributed by atoms with Gasteiger partial charge in [0, 0.05) is 13.1 Å². The molecular formula is C11H25N. The van der Waals surface area contributed by atoms with E-state index in [0.29, 0.717) is 0 Å². The van der Waals surface area contributed by atoms with Crippen molar-refractivity contribution in [2.75, 3.05) is 20.1 Å². The quantitative estimate of drug-likeness (QED) is 0.586. The highest BCUT2D eigenvalue weighted by atomic mass is 15.1. The molecule has 2 unspecified atom stereocenters. The maximum Gasteiger partial charge on any atom is 0.00122 e. The topological polar surface area (TPSA) is 3.24 Å². The van der Waals surface area contributed by atoms with Crippen molar-refractivity contribution in [3.8, 4) is 0 Å². The summed E-state index contributed by atoms with van der Waals surface area (Å²) in [4.78, 5) is 2.44. The highest BCUT2D eigenvalue weighted by Crippen LogP contribution is 2.27. The minimum Gasteiger partial charge on any atom is -0.306 e. The molecule has 0 aromatic rings. The SMILES string of the molecule is CC.CC(C)C1CN(C)CC1C. The van der Waals surface area contributed by atoms with Gasteiger partial charge >= 0.3 is 0 Å². The van der Waals surface area contributed by atoms with Crippen LogP contribution in [0.15, 0.2) is 0 Å². The molecule has 2 atom stereocenters. The maximum absolute atomic E-state index is 2.44. The van der Waals surface area contributed by atoms with E-state index < -0.39 is 0 Å². The molecule has 0 saturated carbocycles. The van der Waals surface area contributed by atoms with Gasteiger partial charge < -0.3 is 4.90 Å². The molecule has 0 aromatic heterocycles. The summed E-state index contributed by atoms with van der Waals surface area (Å²) in [6.45, 7) is 13.6. The Balaban J connectivity index is 0.000000561. The van der Waals surface area contributed by atoms with E-state index in [0.717, 1.165) is 17.8 Å². The van der Waals surface area contributed by atoms with Crippen LogP contribution in [0.25, 0.3) is 0 Å². The number of hydrogen-bond donors (Lipinski definition) is 0. The fourth-order valence-corrected chi connectivity index (χ4v) is 2.11. The zero-order valence-electron chi connectivity index (χ0n) is 9.59. The first-order chi connectivity index (χ1) is 5.61. The minimum absolute atomic E-state index is 0.861. The Morgan fingerprint density at radius 1 is 1.17 bits per heavy atom. The number of hydrogen-bond acceptors (Lipinski definition) is 1. The highest BCUT2D eigenvalue weighted by molar-refractivity contribution is 4.80. The summed E-state index contributed by atoms with van der Waals surface area (Å²) in [7, 11) is 2.22. The molecule has 12 heavy (non-hydrogen) atoms. The molecule has 0 bridgehead atoms. The fraction of sp³-hybridized carbons (Fsp3) is 1.00. The smallest absolute Gasteiger partial charge is 0.00122 e. The molecule has 1 fully saturated rings. The predicted octanol–water partition coefficient (Wildman–Crippen LogP) is 2.87. The normalized spacial score (nSPS) is 30.2. The molecule has 1 nitrogen and oxygen atoms in total. The van der Waals surface area contributed by atoms with E-state index in [4.69, 9.17) is 0 Å². The summed E-state index contributed by atoms with van der Waals surface area (Å²) in [5, 5.41) is 0. The van der Waals surface area contributed by atoms with Crippen LogP contribution in [0.5, 0.6) is 0 Å². The van der Waals surface area contributed by atoms with Crippen molar-refractivity contribution in [3.05, 3.63) is 0 Å². The molecule has 1 saturated heterocycles. The molecular weight excluding hydrogens is 146 g/mol. The van der Waals surface area contributed by atoms with Gasteiger partial charge in [-0.3, -0.25) is 0 Å². The van der Waals surface area contributed by atoms with Crippen LogP contribution in [-0.2, 0) is 0 Å². The van der Waals surface area contributed by atoms with Crippen molar-refractivity contribution in [2.24, 2.45) is 17.8 Å². The lowest BCUT2D eigenvalue weighted by atomic mass is 9.88. The summed E-state index contributed by atoms with van der Waals surface area (Å²) in [5.74, 6) is 2.70. The molecule has 1 rings (SSSR count). The Morgan fingerprint density at radius 2 is 1.67 bits per heavy atom. The summed E-state index contributed by atoms with van der Waals surface area (Å²) in [5.41, 5.74) is 0. The van der Waals surface area contributed by atoms with Gasteiger partial charge in [0.05, 0.1) is 0 Å². The third-order valence-electron chi connectivity index (χ3n) is 2.71. The lowest BCUT2D eigenvalue weighted by Gasteiger charge is -2.17. The van der Waals surface area contributed by atoms with Crippen LogP contribution in [0, 0.1) is 17.8 Å². The Labute approximate surface area is 78.1 Å². The molecule has 1 heteroatoms. The second kappa shape index (κ2) is 5.58. The zero-order valence-corrected chi connectivity index (χ0v) is 9.59. The molecule has 1 aliphatic heterocycles.